The van der Waals surface area contributed by atoms with Crippen molar-refractivity contribution in [2.24, 2.45) is 0 Å². The fourth-order valence-corrected chi connectivity index (χ4v) is 1.59. The molecule has 1 fully saturated rings. The van der Waals surface area contributed by atoms with Crippen LogP contribution in [0, 0.1) is 0 Å². The Hall–Kier alpha value is -1.10. The molecule has 66 valence electrons. The lowest BCUT2D eigenvalue weighted by molar-refractivity contribution is 0.345. The number of aromatic nitrogens is 2. The van der Waals surface area contributed by atoms with Gasteiger partial charge in [0.05, 0.1) is 5.92 Å². The Morgan fingerprint density at radius 1 is 1.67 bits per heavy atom. The van der Waals surface area contributed by atoms with Crippen molar-refractivity contribution in [2.45, 2.75) is 25.3 Å². The van der Waals surface area contributed by atoms with Gasteiger partial charge in [0.2, 0.25) is 5.89 Å². The minimum absolute atomic E-state index is 0.226. The third-order valence-electron chi connectivity index (χ3n) is 2.30. The number of hydrogen-bond donors (Lipinski definition) is 2. The molecule has 2 rings (SSSR count). The smallest absolute Gasteiger partial charge is 0.260 e. The molecule has 1 aromatic heterocycles. The fourth-order valence-electron chi connectivity index (χ4n) is 1.59. The van der Waals surface area contributed by atoms with Gasteiger partial charge in [-0.05, 0) is 25.0 Å². The van der Waals surface area contributed by atoms with Gasteiger partial charge >= 0.3 is 0 Å². The Morgan fingerprint density at radius 3 is 3.00 bits per heavy atom. The van der Waals surface area contributed by atoms with Gasteiger partial charge in [0.25, 0.3) is 5.95 Å². The van der Waals surface area contributed by atoms with Gasteiger partial charge in [-0.3, -0.25) is 0 Å². The van der Waals surface area contributed by atoms with E-state index in [2.05, 4.69) is 22.4 Å². The summed E-state index contributed by atoms with van der Waals surface area (Å²) < 4.78 is 4.99. The molecular formula is C7H12N4O. The molecular weight excluding hydrogens is 156 g/mol. The summed E-state index contributed by atoms with van der Waals surface area (Å²) in [4.78, 5) is 4.00. The van der Waals surface area contributed by atoms with Crippen molar-refractivity contribution in [2.75, 3.05) is 12.3 Å². The number of anilines is 1. The molecule has 0 amide bonds. The lowest BCUT2D eigenvalue weighted by atomic mass is 10.0. The van der Waals surface area contributed by atoms with Crippen LogP contribution in [0.5, 0.6) is 0 Å². The molecule has 12 heavy (non-hydrogen) atoms. The van der Waals surface area contributed by atoms with Crippen LogP contribution >= 0.6 is 0 Å². The van der Waals surface area contributed by atoms with Gasteiger partial charge in [-0.25, -0.2) is 0 Å². The molecule has 1 aliphatic rings. The second-order valence-corrected chi connectivity index (χ2v) is 3.13. The summed E-state index contributed by atoms with van der Waals surface area (Å²) in [5.41, 5.74) is 5.36. The minimum Gasteiger partial charge on any atom is -0.365 e. The molecule has 0 aliphatic carbocycles. The normalized spacial score (nSPS) is 29.4. The quantitative estimate of drug-likeness (QED) is 0.622. The number of nitrogen functional groups attached to an aromatic ring is 1. The molecule has 0 aromatic carbocycles. The lowest BCUT2D eigenvalue weighted by Crippen LogP contribution is -2.21. The number of nitrogens with zero attached hydrogens (tertiary/aromatic N) is 2. The van der Waals surface area contributed by atoms with Crippen LogP contribution in [0.2, 0.25) is 0 Å². The Morgan fingerprint density at radius 2 is 2.50 bits per heavy atom. The molecule has 0 radical (unpaired) electrons. The highest BCUT2D eigenvalue weighted by Gasteiger charge is 2.28. The molecule has 2 unspecified atom stereocenters. The van der Waals surface area contributed by atoms with Gasteiger partial charge < -0.3 is 15.6 Å². The second-order valence-electron chi connectivity index (χ2n) is 3.13. The number of rotatable bonds is 1. The van der Waals surface area contributed by atoms with Crippen molar-refractivity contribution < 1.29 is 4.52 Å². The maximum atomic E-state index is 5.36. The summed E-state index contributed by atoms with van der Waals surface area (Å²) in [6.45, 7) is 3.12. The summed E-state index contributed by atoms with van der Waals surface area (Å²) in [6, 6.07) is 0.407. The predicted molar refractivity (Wildman–Crippen MR) is 43.5 cm³/mol. The van der Waals surface area contributed by atoms with E-state index in [1.807, 2.05) is 0 Å². The lowest BCUT2D eigenvalue weighted by Gasteiger charge is -2.08. The van der Waals surface area contributed by atoms with E-state index in [0.29, 0.717) is 17.9 Å². The maximum absolute atomic E-state index is 5.36. The zero-order valence-corrected chi connectivity index (χ0v) is 6.95. The Labute approximate surface area is 70.3 Å². The van der Waals surface area contributed by atoms with E-state index in [4.69, 9.17) is 10.3 Å². The first kappa shape index (κ1) is 7.54. The monoisotopic (exact) mass is 168 g/mol. The molecule has 5 nitrogen and oxygen atoms in total. The van der Waals surface area contributed by atoms with Gasteiger partial charge in [0.1, 0.15) is 0 Å². The second kappa shape index (κ2) is 2.75. The zero-order chi connectivity index (χ0) is 8.55. The van der Waals surface area contributed by atoms with E-state index >= 15 is 0 Å². The SMILES string of the molecule is CC1NCCC1c1nc(N)no1. The van der Waals surface area contributed by atoms with E-state index in [1.165, 1.54) is 0 Å². The van der Waals surface area contributed by atoms with Gasteiger partial charge in [-0.15, -0.1) is 0 Å². The van der Waals surface area contributed by atoms with Crippen molar-refractivity contribution >= 4 is 5.95 Å². The number of hydrogen-bond acceptors (Lipinski definition) is 5. The molecule has 0 saturated carbocycles. The van der Waals surface area contributed by atoms with Crippen LogP contribution < -0.4 is 11.1 Å². The molecule has 3 N–H and O–H groups in total. The van der Waals surface area contributed by atoms with Crippen LogP contribution in [0.1, 0.15) is 25.2 Å². The average molecular weight is 168 g/mol. The topological polar surface area (TPSA) is 77.0 Å². The summed E-state index contributed by atoms with van der Waals surface area (Å²) >= 11 is 0. The highest BCUT2D eigenvalue weighted by molar-refractivity contribution is 5.13. The van der Waals surface area contributed by atoms with Gasteiger partial charge in [0, 0.05) is 6.04 Å². The van der Waals surface area contributed by atoms with Crippen LogP contribution in [0.3, 0.4) is 0 Å². The largest absolute Gasteiger partial charge is 0.365 e. The fraction of sp³-hybridized carbons (Fsp3) is 0.714. The third kappa shape index (κ3) is 1.16. The predicted octanol–water partition coefficient (Wildman–Crippen LogP) is 0.117. The molecule has 2 heterocycles. The van der Waals surface area contributed by atoms with Crippen LogP contribution in [0.4, 0.5) is 5.95 Å². The van der Waals surface area contributed by atoms with E-state index in [9.17, 15) is 0 Å². The molecule has 1 aliphatic heterocycles. The van der Waals surface area contributed by atoms with E-state index in [0.717, 1.165) is 13.0 Å². The maximum Gasteiger partial charge on any atom is 0.260 e. The number of nitrogens with one attached hydrogen (secondary N) is 1. The molecule has 0 spiro atoms. The summed E-state index contributed by atoms with van der Waals surface area (Å²) in [7, 11) is 0. The molecule has 5 heteroatoms. The summed E-state index contributed by atoms with van der Waals surface area (Å²) in [5, 5.41) is 6.87. The van der Waals surface area contributed by atoms with E-state index < -0.39 is 0 Å². The first-order chi connectivity index (χ1) is 5.77. The zero-order valence-electron chi connectivity index (χ0n) is 6.95. The van der Waals surface area contributed by atoms with E-state index in [-0.39, 0.29) is 5.95 Å². The minimum atomic E-state index is 0.226. The molecule has 1 saturated heterocycles. The molecule has 0 bridgehead atoms. The van der Waals surface area contributed by atoms with Crippen LogP contribution in [-0.2, 0) is 0 Å². The van der Waals surface area contributed by atoms with Crippen molar-refractivity contribution in [1.82, 2.24) is 15.5 Å². The van der Waals surface area contributed by atoms with Crippen molar-refractivity contribution in [3.05, 3.63) is 5.89 Å². The summed E-state index contributed by atoms with van der Waals surface area (Å²) in [5.74, 6) is 1.21. The van der Waals surface area contributed by atoms with Crippen LogP contribution in [-0.4, -0.2) is 22.7 Å². The van der Waals surface area contributed by atoms with Crippen molar-refractivity contribution in [3.8, 4) is 0 Å². The summed E-state index contributed by atoms with van der Waals surface area (Å²) in [6.07, 6.45) is 1.04. The highest BCUT2D eigenvalue weighted by atomic mass is 16.5. The average Bonchev–Trinajstić information content (AvgIpc) is 2.58. The molecule has 2 atom stereocenters. The van der Waals surface area contributed by atoms with Gasteiger partial charge in [-0.1, -0.05) is 0 Å². The Balaban J connectivity index is 2.19. The first-order valence-electron chi connectivity index (χ1n) is 4.10. The van der Waals surface area contributed by atoms with E-state index in [1.54, 1.807) is 0 Å². The molecule has 1 aromatic rings. The van der Waals surface area contributed by atoms with Crippen molar-refractivity contribution in [3.63, 3.8) is 0 Å². The first-order valence-corrected chi connectivity index (χ1v) is 4.10. The standard InChI is InChI=1S/C7H12N4O/c1-4-5(2-3-9-4)6-10-7(8)11-12-6/h4-5,9H,2-3H2,1H3,(H2,8,11). The van der Waals surface area contributed by atoms with Gasteiger partial charge in [-0.2, -0.15) is 4.98 Å². The Kier molecular flexibility index (Phi) is 1.73. The van der Waals surface area contributed by atoms with Crippen LogP contribution in [0.25, 0.3) is 0 Å². The van der Waals surface area contributed by atoms with Gasteiger partial charge in [0.15, 0.2) is 0 Å². The third-order valence-corrected chi connectivity index (χ3v) is 2.30. The van der Waals surface area contributed by atoms with Crippen LogP contribution in [0.15, 0.2) is 4.52 Å². The van der Waals surface area contributed by atoms with Crippen molar-refractivity contribution in [1.29, 1.82) is 0 Å². The number of nitrogens with two attached hydrogens (primary N) is 1. The Bertz CT molecular complexity index is 272. The highest BCUT2D eigenvalue weighted by Crippen LogP contribution is 2.25.